The fourth-order valence-corrected chi connectivity index (χ4v) is 4.28. The minimum Gasteiger partial charge on any atom is -0.345 e. The molecule has 0 saturated heterocycles. The first kappa shape index (κ1) is 24.6. The van der Waals surface area contributed by atoms with Gasteiger partial charge in [-0.25, -0.2) is 0 Å². The van der Waals surface area contributed by atoms with E-state index >= 15 is 0 Å². The molecule has 3 rings (SSSR count). The van der Waals surface area contributed by atoms with E-state index in [4.69, 9.17) is 0 Å². The maximum Gasteiger partial charge on any atom is 0.242 e. The monoisotopic (exact) mass is 501 g/mol. The average Bonchev–Trinajstić information content (AvgIpc) is 3.15. The molecule has 0 bridgehead atoms. The van der Waals surface area contributed by atoms with Crippen molar-refractivity contribution in [3.05, 3.63) is 58.3 Å². The zero-order chi connectivity index (χ0) is 23.1. The van der Waals surface area contributed by atoms with Gasteiger partial charge in [0.2, 0.25) is 11.8 Å². The maximum atomic E-state index is 13.3. The molecular formula is C26H36BrN3O2. The number of aromatic nitrogens is 1. The molecule has 0 spiro atoms. The van der Waals surface area contributed by atoms with E-state index in [9.17, 15) is 9.59 Å². The van der Waals surface area contributed by atoms with Gasteiger partial charge in [-0.2, -0.15) is 0 Å². The molecule has 1 aliphatic rings. The van der Waals surface area contributed by atoms with Crippen LogP contribution >= 0.6 is 15.9 Å². The predicted molar refractivity (Wildman–Crippen MR) is 132 cm³/mol. The fraction of sp³-hybridized carbons (Fsp3) is 0.538. The van der Waals surface area contributed by atoms with Gasteiger partial charge in [-0.15, -0.1) is 0 Å². The molecule has 1 aromatic carbocycles. The van der Waals surface area contributed by atoms with Crippen LogP contribution in [-0.2, 0) is 22.7 Å². The molecule has 6 heteroatoms. The van der Waals surface area contributed by atoms with E-state index in [1.165, 1.54) is 5.56 Å². The minimum absolute atomic E-state index is 0.0290. The van der Waals surface area contributed by atoms with E-state index in [2.05, 4.69) is 63.9 Å². The van der Waals surface area contributed by atoms with E-state index < -0.39 is 0 Å². The second kappa shape index (κ2) is 11.7. The minimum atomic E-state index is 0.0290. The molecule has 0 radical (unpaired) electrons. The number of hydrogen-bond donors (Lipinski definition) is 0. The zero-order valence-corrected chi connectivity index (χ0v) is 21.2. The molecule has 1 heterocycles. The lowest BCUT2D eigenvalue weighted by Gasteiger charge is -2.35. The molecule has 2 aromatic rings. The molecule has 0 N–H and O–H groups in total. The molecule has 1 aliphatic carbocycles. The molecule has 32 heavy (non-hydrogen) atoms. The van der Waals surface area contributed by atoms with Crippen LogP contribution in [0.1, 0.15) is 64.1 Å². The molecule has 5 nitrogen and oxygen atoms in total. The molecule has 1 fully saturated rings. The number of benzene rings is 1. The van der Waals surface area contributed by atoms with E-state index in [0.717, 1.165) is 48.8 Å². The van der Waals surface area contributed by atoms with Crippen LogP contribution in [0.2, 0.25) is 0 Å². The highest BCUT2D eigenvalue weighted by atomic mass is 79.9. The van der Waals surface area contributed by atoms with Crippen LogP contribution in [-0.4, -0.2) is 45.3 Å². The third-order valence-electron chi connectivity index (χ3n) is 6.34. The van der Waals surface area contributed by atoms with Crippen molar-refractivity contribution in [1.82, 2.24) is 14.4 Å². The highest BCUT2D eigenvalue weighted by Gasteiger charge is 2.32. The Labute approximate surface area is 200 Å². The summed E-state index contributed by atoms with van der Waals surface area (Å²) >= 11 is 3.49. The van der Waals surface area contributed by atoms with Crippen molar-refractivity contribution in [1.29, 1.82) is 0 Å². The lowest BCUT2D eigenvalue weighted by Crippen LogP contribution is -2.49. The number of rotatable bonds is 11. The van der Waals surface area contributed by atoms with E-state index in [0.29, 0.717) is 13.1 Å². The van der Waals surface area contributed by atoms with Gasteiger partial charge in [-0.3, -0.25) is 9.59 Å². The smallest absolute Gasteiger partial charge is 0.242 e. The van der Waals surface area contributed by atoms with E-state index in [-0.39, 0.29) is 30.3 Å². The summed E-state index contributed by atoms with van der Waals surface area (Å²) < 4.78 is 3.27. The lowest BCUT2D eigenvalue weighted by molar-refractivity contribution is -0.146. The van der Waals surface area contributed by atoms with Crippen molar-refractivity contribution in [2.75, 3.05) is 13.1 Å². The normalized spacial score (nSPS) is 13.8. The molecule has 2 amide bonds. The van der Waals surface area contributed by atoms with Crippen molar-refractivity contribution >= 4 is 27.7 Å². The summed E-state index contributed by atoms with van der Waals surface area (Å²) in [5.74, 6) is 0.294. The van der Waals surface area contributed by atoms with Gasteiger partial charge < -0.3 is 14.4 Å². The van der Waals surface area contributed by atoms with Crippen LogP contribution in [0.4, 0.5) is 0 Å². The Balaban J connectivity index is 1.70. The quantitative estimate of drug-likeness (QED) is 0.410. The Morgan fingerprint density at radius 2 is 1.88 bits per heavy atom. The molecule has 1 saturated carbocycles. The first-order valence-electron chi connectivity index (χ1n) is 11.9. The Bertz CT molecular complexity index is 887. The molecule has 0 aliphatic heterocycles. The number of carbonyl (C=O) groups excluding carboxylic acids is 2. The van der Waals surface area contributed by atoms with Gasteiger partial charge in [0.15, 0.2) is 0 Å². The molecule has 0 atom stereocenters. The number of amides is 2. The largest absolute Gasteiger partial charge is 0.345 e. The van der Waals surface area contributed by atoms with Crippen LogP contribution in [0, 0.1) is 5.92 Å². The molecule has 0 unspecified atom stereocenters. The van der Waals surface area contributed by atoms with Crippen molar-refractivity contribution < 1.29 is 9.59 Å². The van der Waals surface area contributed by atoms with Crippen molar-refractivity contribution in [2.24, 2.45) is 5.92 Å². The van der Waals surface area contributed by atoms with Gasteiger partial charge >= 0.3 is 0 Å². The topological polar surface area (TPSA) is 45.6 Å². The summed E-state index contributed by atoms with van der Waals surface area (Å²) in [5, 5.41) is 0. The fourth-order valence-electron chi connectivity index (χ4n) is 4.02. The molecule has 1 aromatic heterocycles. The van der Waals surface area contributed by atoms with Gasteiger partial charge in [-0.1, -0.05) is 47.8 Å². The lowest BCUT2D eigenvalue weighted by atomic mass is 9.84. The van der Waals surface area contributed by atoms with Crippen LogP contribution < -0.4 is 0 Å². The highest BCUT2D eigenvalue weighted by Crippen LogP contribution is 2.29. The van der Waals surface area contributed by atoms with Gasteiger partial charge in [-0.05, 0) is 62.9 Å². The van der Waals surface area contributed by atoms with Crippen LogP contribution in [0.15, 0.2) is 47.1 Å². The summed E-state index contributed by atoms with van der Waals surface area (Å²) in [4.78, 5) is 29.9. The van der Waals surface area contributed by atoms with Gasteiger partial charge in [0.25, 0.3) is 0 Å². The third-order valence-corrected chi connectivity index (χ3v) is 6.87. The Morgan fingerprint density at radius 3 is 2.47 bits per heavy atom. The van der Waals surface area contributed by atoms with Crippen LogP contribution in [0.5, 0.6) is 0 Å². The zero-order valence-electron chi connectivity index (χ0n) is 19.6. The number of unbranched alkanes of at least 4 members (excludes halogenated alkanes) is 1. The summed E-state index contributed by atoms with van der Waals surface area (Å²) in [6.07, 6.45) is 7.09. The van der Waals surface area contributed by atoms with Crippen LogP contribution in [0.3, 0.4) is 0 Å². The Kier molecular flexibility index (Phi) is 8.97. The van der Waals surface area contributed by atoms with E-state index in [1.807, 2.05) is 24.8 Å². The second-order valence-corrected chi connectivity index (χ2v) is 10.0. The maximum absolute atomic E-state index is 13.3. The van der Waals surface area contributed by atoms with Gasteiger partial charge in [0.1, 0.15) is 0 Å². The molecular weight excluding hydrogens is 466 g/mol. The Morgan fingerprint density at radius 1 is 1.16 bits per heavy atom. The highest BCUT2D eigenvalue weighted by molar-refractivity contribution is 9.10. The summed E-state index contributed by atoms with van der Waals surface area (Å²) in [6.45, 7) is 8.36. The van der Waals surface area contributed by atoms with Crippen molar-refractivity contribution in [3.63, 3.8) is 0 Å². The number of nitrogens with zero attached hydrogens (tertiary/aromatic N) is 3. The SMILES string of the molecule is CCCCN(Cc1cccn1Cc1ccc(Br)cc1)C(=O)CN(C(=O)C1CCC1)C(C)C. The second-order valence-electron chi connectivity index (χ2n) is 9.11. The molecule has 174 valence electrons. The number of carbonyl (C=O) groups is 2. The van der Waals surface area contributed by atoms with Crippen LogP contribution in [0.25, 0.3) is 0 Å². The summed E-state index contributed by atoms with van der Waals surface area (Å²) in [7, 11) is 0. The van der Waals surface area contributed by atoms with Gasteiger partial charge in [0, 0.05) is 41.4 Å². The number of halogens is 1. The summed E-state index contributed by atoms with van der Waals surface area (Å²) in [6, 6.07) is 12.5. The Hall–Kier alpha value is -2.08. The van der Waals surface area contributed by atoms with Crippen molar-refractivity contribution in [2.45, 2.75) is 72.0 Å². The first-order chi connectivity index (χ1) is 15.4. The average molecular weight is 502 g/mol. The first-order valence-corrected chi connectivity index (χ1v) is 12.6. The van der Waals surface area contributed by atoms with Gasteiger partial charge in [0.05, 0.1) is 13.1 Å². The summed E-state index contributed by atoms with van der Waals surface area (Å²) in [5.41, 5.74) is 2.33. The van der Waals surface area contributed by atoms with E-state index in [1.54, 1.807) is 4.90 Å². The van der Waals surface area contributed by atoms with Crippen molar-refractivity contribution in [3.8, 4) is 0 Å². The predicted octanol–water partition coefficient (Wildman–Crippen LogP) is 5.46. The standard InChI is InChI=1S/C26H36BrN3O2/c1-4-5-15-29(25(31)19-30(20(2)3)26(32)22-8-6-9-22)18-24-10-7-16-28(24)17-21-11-13-23(27)14-12-21/h7,10-14,16,20,22H,4-6,8-9,15,17-19H2,1-3H3. The third kappa shape index (κ3) is 6.47. The number of hydrogen-bond acceptors (Lipinski definition) is 2.